The summed E-state index contributed by atoms with van der Waals surface area (Å²) in [5.74, 6) is 1.74. The molecule has 20 heavy (non-hydrogen) atoms. The number of rotatable bonds is 3. The zero-order chi connectivity index (χ0) is 13.7. The van der Waals surface area contributed by atoms with Crippen molar-refractivity contribution in [3.63, 3.8) is 0 Å². The highest BCUT2D eigenvalue weighted by molar-refractivity contribution is 9.11. The number of aromatic nitrogens is 2. The van der Waals surface area contributed by atoms with E-state index in [4.69, 9.17) is 0 Å². The minimum atomic E-state index is 0.291. The van der Waals surface area contributed by atoms with Crippen molar-refractivity contribution in [1.29, 1.82) is 0 Å². The van der Waals surface area contributed by atoms with Gasteiger partial charge in [-0.15, -0.1) is 10.2 Å². The van der Waals surface area contributed by atoms with Gasteiger partial charge in [0.05, 0.1) is 0 Å². The van der Waals surface area contributed by atoms with Crippen molar-refractivity contribution in [2.24, 2.45) is 17.8 Å². The quantitative estimate of drug-likeness (QED) is 0.900. The first-order chi connectivity index (χ1) is 9.70. The van der Waals surface area contributed by atoms with Gasteiger partial charge in [0.2, 0.25) is 11.0 Å². The van der Waals surface area contributed by atoms with Gasteiger partial charge in [0.25, 0.3) is 0 Å². The first-order valence-corrected chi connectivity index (χ1v) is 8.86. The Morgan fingerprint density at radius 3 is 2.45 bits per heavy atom. The van der Waals surface area contributed by atoms with Gasteiger partial charge < -0.3 is 10.2 Å². The molecule has 1 N–H and O–H groups in total. The maximum atomic E-state index is 12.0. The van der Waals surface area contributed by atoms with E-state index in [-0.39, 0.29) is 0 Å². The molecule has 1 aliphatic heterocycles. The second kappa shape index (κ2) is 4.94. The number of amides is 1. The Morgan fingerprint density at radius 2 is 1.90 bits per heavy atom. The van der Waals surface area contributed by atoms with Crippen LogP contribution in [0.15, 0.2) is 3.92 Å². The molecule has 3 aliphatic rings. The fraction of sp³-hybridized carbons (Fsp3) is 0.769. The standard InChI is InChI=1S/C13H17BrN4OS/c14-12-16-17-13(20-12)18-5-8-3-4-9(6-18)10(8)15-11(19)7-1-2-7/h7-10H,1-6H2,(H,15,19)/t8-,9+,10?. The van der Waals surface area contributed by atoms with Crippen LogP contribution in [0.3, 0.4) is 0 Å². The molecule has 5 nitrogen and oxygen atoms in total. The van der Waals surface area contributed by atoms with Crippen molar-refractivity contribution in [2.45, 2.75) is 31.7 Å². The monoisotopic (exact) mass is 356 g/mol. The van der Waals surface area contributed by atoms with E-state index in [1.807, 2.05) is 0 Å². The fourth-order valence-corrected chi connectivity index (χ4v) is 4.67. The first-order valence-electron chi connectivity index (χ1n) is 7.25. The summed E-state index contributed by atoms with van der Waals surface area (Å²) in [5.41, 5.74) is 0. The number of fused-ring (bicyclic) bond motifs is 2. The Balaban J connectivity index is 1.45. The summed E-state index contributed by atoms with van der Waals surface area (Å²) >= 11 is 4.96. The van der Waals surface area contributed by atoms with Crippen LogP contribution < -0.4 is 10.2 Å². The second-order valence-electron chi connectivity index (χ2n) is 6.15. The Morgan fingerprint density at radius 1 is 1.20 bits per heavy atom. The largest absolute Gasteiger partial charge is 0.352 e. The lowest BCUT2D eigenvalue weighted by Crippen LogP contribution is -2.53. The molecule has 108 valence electrons. The van der Waals surface area contributed by atoms with Gasteiger partial charge in [-0.25, -0.2) is 0 Å². The maximum Gasteiger partial charge on any atom is 0.223 e. The second-order valence-corrected chi connectivity index (χ2v) is 8.38. The summed E-state index contributed by atoms with van der Waals surface area (Å²) in [6.45, 7) is 1.99. The number of nitrogens with zero attached hydrogens (tertiary/aromatic N) is 3. The number of halogens is 1. The van der Waals surface area contributed by atoms with E-state index in [1.165, 1.54) is 12.8 Å². The molecule has 1 aromatic heterocycles. The molecule has 4 rings (SSSR count). The normalized spacial score (nSPS) is 32.5. The number of hydrogen-bond donors (Lipinski definition) is 1. The third kappa shape index (κ3) is 2.35. The minimum absolute atomic E-state index is 0.291. The molecular weight excluding hydrogens is 340 g/mol. The van der Waals surface area contributed by atoms with E-state index >= 15 is 0 Å². The van der Waals surface area contributed by atoms with E-state index in [2.05, 4.69) is 36.3 Å². The Hall–Kier alpha value is -0.690. The molecule has 2 saturated carbocycles. The zero-order valence-electron chi connectivity index (χ0n) is 11.1. The number of anilines is 1. The predicted molar refractivity (Wildman–Crippen MR) is 80.7 cm³/mol. The molecular formula is C13H17BrN4OS. The molecule has 2 aliphatic carbocycles. The average Bonchev–Trinajstić information content (AvgIpc) is 3.16. The number of piperidine rings is 1. The average molecular weight is 357 g/mol. The predicted octanol–water partition coefficient (Wildman–Crippen LogP) is 2.04. The third-order valence-corrected chi connectivity index (χ3v) is 6.17. The fourth-order valence-electron chi connectivity index (χ4n) is 3.57. The van der Waals surface area contributed by atoms with Crippen LogP contribution in [0, 0.1) is 17.8 Å². The van der Waals surface area contributed by atoms with E-state index in [0.29, 0.717) is 29.7 Å². The van der Waals surface area contributed by atoms with Crippen LogP contribution in [0.5, 0.6) is 0 Å². The number of carbonyl (C=O) groups is 1. The van der Waals surface area contributed by atoms with E-state index in [0.717, 1.165) is 35.0 Å². The van der Waals surface area contributed by atoms with Crippen LogP contribution in [0.1, 0.15) is 25.7 Å². The van der Waals surface area contributed by atoms with Crippen molar-refractivity contribution in [1.82, 2.24) is 15.5 Å². The first kappa shape index (κ1) is 13.0. The molecule has 2 heterocycles. The van der Waals surface area contributed by atoms with E-state index in [9.17, 15) is 4.79 Å². The molecule has 1 unspecified atom stereocenters. The SMILES string of the molecule is O=C(NC1[C@@H]2CC[C@H]1CN(c1nnc(Br)s1)C2)C1CC1. The summed E-state index contributed by atoms with van der Waals surface area (Å²) < 4.78 is 0.837. The van der Waals surface area contributed by atoms with Gasteiger partial charge in [-0.05, 0) is 53.4 Å². The van der Waals surface area contributed by atoms with Crippen molar-refractivity contribution in [3.8, 4) is 0 Å². The summed E-state index contributed by atoms with van der Waals surface area (Å²) in [7, 11) is 0. The molecule has 1 amide bonds. The highest BCUT2D eigenvalue weighted by Gasteiger charge is 2.44. The van der Waals surface area contributed by atoms with Gasteiger partial charge in [-0.2, -0.15) is 0 Å². The van der Waals surface area contributed by atoms with E-state index in [1.54, 1.807) is 11.3 Å². The van der Waals surface area contributed by atoms with Crippen molar-refractivity contribution >= 4 is 38.3 Å². The molecule has 7 heteroatoms. The Kier molecular flexibility index (Phi) is 3.22. The van der Waals surface area contributed by atoms with Gasteiger partial charge in [-0.3, -0.25) is 4.79 Å². The van der Waals surface area contributed by atoms with Gasteiger partial charge in [0.1, 0.15) is 0 Å². The topological polar surface area (TPSA) is 58.1 Å². The molecule has 1 saturated heterocycles. The summed E-state index contributed by atoms with van der Waals surface area (Å²) in [4.78, 5) is 14.3. The van der Waals surface area contributed by atoms with Crippen molar-refractivity contribution in [3.05, 3.63) is 3.92 Å². The molecule has 0 spiro atoms. The highest BCUT2D eigenvalue weighted by atomic mass is 79.9. The Bertz CT molecular complexity index is 518. The number of nitrogens with one attached hydrogen (secondary N) is 1. The Labute approximate surface area is 130 Å². The molecule has 0 aromatic carbocycles. The van der Waals surface area contributed by atoms with Crippen molar-refractivity contribution < 1.29 is 4.79 Å². The highest BCUT2D eigenvalue weighted by Crippen LogP contribution is 2.40. The van der Waals surface area contributed by atoms with Crippen LogP contribution in [0.2, 0.25) is 0 Å². The van der Waals surface area contributed by atoms with Crippen LogP contribution in [0.4, 0.5) is 5.13 Å². The summed E-state index contributed by atoms with van der Waals surface area (Å²) in [6.07, 6.45) is 4.60. The van der Waals surface area contributed by atoms with Gasteiger partial charge in [-0.1, -0.05) is 11.3 Å². The molecule has 3 atom stereocenters. The summed E-state index contributed by atoms with van der Waals surface area (Å²) in [5, 5.41) is 12.6. The minimum Gasteiger partial charge on any atom is -0.352 e. The van der Waals surface area contributed by atoms with Gasteiger partial charge >= 0.3 is 0 Å². The lowest BCUT2D eigenvalue weighted by Gasteiger charge is -2.38. The summed E-state index contributed by atoms with van der Waals surface area (Å²) in [6, 6.07) is 0.385. The van der Waals surface area contributed by atoms with Crippen LogP contribution in [-0.4, -0.2) is 35.2 Å². The molecule has 0 radical (unpaired) electrons. The molecule has 1 aromatic rings. The maximum absolute atomic E-state index is 12.0. The van der Waals surface area contributed by atoms with Crippen molar-refractivity contribution in [2.75, 3.05) is 18.0 Å². The lowest BCUT2D eigenvalue weighted by molar-refractivity contribution is -0.123. The number of hydrogen-bond acceptors (Lipinski definition) is 5. The lowest BCUT2D eigenvalue weighted by atomic mass is 9.92. The third-order valence-electron chi connectivity index (χ3n) is 4.75. The van der Waals surface area contributed by atoms with Crippen LogP contribution >= 0.6 is 27.3 Å². The number of carbonyl (C=O) groups excluding carboxylic acids is 1. The zero-order valence-corrected chi connectivity index (χ0v) is 13.5. The van der Waals surface area contributed by atoms with Crippen LogP contribution in [-0.2, 0) is 4.79 Å². The smallest absolute Gasteiger partial charge is 0.223 e. The van der Waals surface area contributed by atoms with Crippen LogP contribution in [0.25, 0.3) is 0 Å². The molecule has 2 bridgehead atoms. The van der Waals surface area contributed by atoms with E-state index < -0.39 is 0 Å². The molecule has 3 fully saturated rings. The van der Waals surface area contributed by atoms with Gasteiger partial charge in [0.15, 0.2) is 3.92 Å². The van der Waals surface area contributed by atoms with Gasteiger partial charge in [0, 0.05) is 25.0 Å².